The van der Waals surface area contributed by atoms with E-state index in [0.29, 0.717) is 17.8 Å². The third-order valence-electron chi connectivity index (χ3n) is 4.43. The van der Waals surface area contributed by atoms with Gasteiger partial charge in [0.15, 0.2) is 0 Å². The van der Waals surface area contributed by atoms with E-state index in [9.17, 15) is 9.18 Å². The van der Waals surface area contributed by atoms with Crippen LogP contribution < -0.4 is 5.32 Å². The normalized spacial score (nSPS) is 10.7. The third kappa shape index (κ3) is 4.55. The summed E-state index contributed by atoms with van der Waals surface area (Å²) >= 11 is 0. The Morgan fingerprint density at radius 2 is 1.59 bits per heavy atom. The van der Waals surface area contributed by atoms with Gasteiger partial charge in [0.1, 0.15) is 11.6 Å². The van der Waals surface area contributed by atoms with Gasteiger partial charge in [-0.2, -0.15) is 0 Å². The highest BCUT2D eigenvalue weighted by Crippen LogP contribution is 2.14. The molecule has 0 aliphatic rings. The lowest BCUT2D eigenvalue weighted by Gasteiger charge is -2.05. The zero-order valence-electron chi connectivity index (χ0n) is 15.6. The Morgan fingerprint density at radius 1 is 0.897 bits per heavy atom. The summed E-state index contributed by atoms with van der Waals surface area (Å²) in [5, 5.41) is 7.18. The van der Waals surface area contributed by atoms with E-state index in [4.69, 9.17) is 0 Å². The highest BCUT2D eigenvalue weighted by Gasteiger charge is 2.17. The number of nitrogens with one attached hydrogen (secondary N) is 1. The number of aromatic nitrogens is 3. The van der Waals surface area contributed by atoms with Crippen molar-refractivity contribution in [1.82, 2.24) is 20.1 Å². The van der Waals surface area contributed by atoms with Crippen LogP contribution >= 0.6 is 0 Å². The molecule has 0 saturated carbocycles. The molecular formula is C23H19FN4O. The summed E-state index contributed by atoms with van der Waals surface area (Å²) in [6.45, 7) is 0.199. The Balaban J connectivity index is 1.59. The van der Waals surface area contributed by atoms with E-state index in [1.54, 1.807) is 16.8 Å². The lowest BCUT2D eigenvalue weighted by molar-refractivity contribution is 0.0940. The number of para-hydroxylation sites is 1. The number of nitrogens with zero attached hydrogens (tertiary/aromatic N) is 3. The van der Waals surface area contributed by atoms with Crippen LogP contribution in [-0.4, -0.2) is 20.7 Å². The van der Waals surface area contributed by atoms with Gasteiger partial charge in [-0.3, -0.25) is 4.79 Å². The van der Waals surface area contributed by atoms with Crippen molar-refractivity contribution in [2.24, 2.45) is 0 Å². The predicted octanol–water partition coefficient (Wildman–Crippen LogP) is 3.93. The Labute approximate surface area is 167 Å². The van der Waals surface area contributed by atoms with E-state index in [2.05, 4.69) is 15.4 Å². The number of halogens is 1. The number of hydrogen-bond donors (Lipinski definition) is 1. The van der Waals surface area contributed by atoms with Crippen LogP contribution in [0.4, 0.5) is 4.39 Å². The molecular weight excluding hydrogens is 367 g/mol. The first kappa shape index (κ1) is 18.6. The van der Waals surface area contributed by atoms with Crippen LogP contribution in [0.2, 0.25) is 0 Å². The van der Waals surface area contributed by atoms with Crippen LogP contribution in [0, 0.1) is 5.82 Å². The third-order valence-corrected chi connectivity index (χ3v) is 4.43. The van der Waals surface area contributed by atoms with Crippen LogP contribution in [-0.2, 0) is 13.0 Å². The molecule has 29 heavy (non-hydrogen) atoms. The van der Waals surface area contributed by atoms with Crippen LogP contribution in [0.25, 0.3) is 5.69 Å². The van der Waals surface area contributed by atoms with Gasteiger partial charge in [-0.15, -0.1) is 5.10 Å². The average Bonchev–Trinajstić information content (AvgIpc) is 3.17. The molecule has 4 rings (SSSR count). The van der Waals surface area contributed by atoms with E-state index in [0.717, 1.165) is 11.3 Å². The molecule has 0 fully saturated rings. The van der Waals surface area contributed by atoms with Crippen molar-refractivity contribution < 1.29 is 9.18 Å². The highest BCUT2D eigenvalue weighted by molar-refractivity contribution is 5.90. The minimum atomic E-state index is -0.404. The van der Waals surface area contributed by atoms with Crippen molar-refractivity contribution in [1.29, 1.82) is 0 Å². The first-order valence-electron chi connectivity index (χ1n) is 9.27. The standard InChI is InChI=1S/C23H19FN4O/c24-19-11-7-10-18(14-19)16-25-23(29)22-26-21(15-17-8-3-1-4-9-17)28(27-22)20-12-5-2-6-13-20/h1-14H,15-16H2,(H,25,29). The molecule has 0 spiro atoms. The summed E-state index contributed by atoms with van der Waals surface area (Å²) in [6.07, 6.45) is 0.542. The van der Waals surface area contributed by atoms with Gasteiger partial charge < -0.3 is 5.32 Å². The molecule has 1 heterocycles. The highest BCUT2D eigenvalue weighted by atomic mass is 19.1. The number of carbonyl (C=O) groups is 1. The maximum atomic E-state index is 13.3. The van der Waals surface area contributed by atoms with Gasteiger partial charge in [-0.1, -0.05) is 60.7 Å². The summed E-state index contributed by atoms with van der Waals surface area (Å²) in [6, 6.07) is 25.6. The van der Waals surface area contributed by atoms with Crippen molar-refractivity contribution >= 4 is 5.91 Å². The number of hydrogen-bond acceptors (Lipinski definition) is 3. The van der Waals surface area contributed by atoms with Gasteiger partial charge in [0.25, 0.3) is 5.91 Å². The molecule has 5 nitrogen and oxygen atoms in total. The second-order valence-corrected chi connectivity index (χ2v) is 6.57. The first-order chi connectivity index (χ1) is 14.2. The lowest BCUT2D eigenvalue weighted by Crippen LogP contribution is -2.24. The summed E-state index contributed by atoms with van der Waals surface area (Å²) in [7, 11) is 0. The summed E-state index contributed by atoms with van der Waals surface area (Å²) in [5.41, 5.74) is 2.57. The molecule has 4 aromatic rings. The van der Waals surface area contributed by atoms with E-state index >= 15 is 0 Å². The molecule has 6 heteroatoms. The molecule has 3 aromatic carbocycles. The summed E-state index contributed by atoms with van der Waals surface area (Å²) in [5.74, 6) is 0.00104. The van der Waals surface area contributed by atoms with Crippen molar-refractivity contribution in [2.75, 3.05) is 0 Å². The topological polar surface area (TPSA) is 59.8 Å². The largest absolute Gasteiger partial charge is 0.345 e. The van der Waals surface area contributed by atoms with Gasteiger partial charge in [0.05, 0.1) is 5.69 Å². The van der Waals surface area contributed by atoms with Gasteiger partial charge in [0, 0.05) is 13.0 Å². The van der Waals surface area contributed by atoms with Gasteiger partial charge in [-0.25, -0.2) is 14.1 Å². The quantitative estimate of drug-likeness (QED) is 0.546. The predicted molar refractivity (Wildman–Crippen MR) is 108 cm³/mol. The minimum Gasteiger partial charge on any atom is -0.345 e. The fourth-order valence-electron chi connectivity index (χ4n) is 3.02. The molecule has 0 aliphatic heterocycles. The van der Waals surface area contributed by atoms with E-state index < -0.39 is 5.91 Å². The van der Waals surface area contributed by atoms with E-state index in [1.165, 1.54) is 12.1 Å². The van der Waals surface area contributed by atoms with Gasteiger partial charge >= 0.3 is 0 Å². The maximum absolute atomic E-state index is 13.3. The second-order valence-electron chi connectivity index (χ2n) is 6.57. The van der Waals surface area contributed by atoms with E-state index in [-0.39, 0.29) is 18.2 Å². The van der Waals surface area contributed by atoms with Crippen molar-refractivity contribution in [3.63, 3.8) is 0 Å². The molecule has 1 aromatic heterocycles. The molecule has 0 saturated heterocycles. The Kier molecular flexibility index (Phi) is 5.42. The van der Waals surface area contributed by atoms with Crippen LogP contribution in [0.1, 0.15) is 27.6 Å². The van der Waals surface area contributed by atoms with Crippen LogP contribution in [0.3, 0.4) is 0 Å². The number of rotatable bonds is 6. The van der Waals surface area contributed by atoms with Gasteiger partial charge in [-0.05, 0) is 35.4 Å². The maximum Gasteiger partial charge on any atom is 0.291 e. The zero-order chi connectivity index (χ0) is 20.1. The fourth-order valence-corrected chi connectivity index (χ4v) is 3.02. The van der Waals surface area contributed by atoms with Crippen LogP contribution in [0.5, 0.6) is 0 Å². The van der Waals surface area contributed by atoms with Crippen molar-refractivity contribution in [3.05, 3.63) is 114 Å². The SMILES string of the molecule is O=C(NCc1cccc(F)c1)c1nc(Cc2ccccc2)n(-c2ccccc2)n1. The molecule has 0 radical (unpaired) electrons. The number of benzene rings is 3. The minimum absolute atomic E-state index is 0.0798. The van der Waals surface area contributed by atoms with Crippen molar-refractivity contribution in [3.8, 4) is 5.69 Å². The monoisotopic (exact) mass is 386 g/mol. The Morgan fingerprint density at radius 3 is 2.31 bits per heavy atom. The second kappa shape index (κ2) is 8.48. The fraction of sp³-hybridized carbons (Fsp3) is 0.0870. The molecule has 0 atom stereocenters. The Hall–Kier alpha value is -3.80. The summed E-state index contributed by atoms with van der Waals surface area (Å²) in [4.78, 5) is 17.1. The van der Waals surface area contributed by atoms with Gasteiger partial charge in [0.2, 0.25) is 5.82 Å². The molecule has 0 bridgehead atoms. The first-order valence-corrected chi connectivity index (χ1v) is 9.27. The number of carbonyl (C=O) groups excluding carboxylic acids is 1. The average molecular weight is 386 g/mol. The van der Waals surface area contributed by atoms with Crippen molar-refractivity contribution in [2.45, 2.75) is 13.0 Å². The molecule has 1 N–H and O–H groups in total. The number of amides is 1. The van der Waals surface area contributed by atoms with Crippen LogP contribution in [0.15, 0.2) is 84.9 Å². The molecule has 0 unspecified atom stereocenters. The molecule has 0 aliphatic carbocycles. The smallest absolute Gasteiger partial charge is 0.291 e. The Bertz CT molecular complexity index is 1110. The lowest BCUT2D eigenvalue weighted by atomic mass is 10.1. The summed E-state index contributed by atoms with van der Waals surface area (Å²) < 4.78 is 15.0. The van der Waals surface area contributed by atoms with E-state index in [1.807, 2.05) is 60.7 Å². The zero-order valence-corrected chi connectivity index (χ0v) is 15.6. The molecule has 1 amide bonds. The molecule has 144 valence electrons.